The molecule has 2 N–H and O–H groups in total. The van der Waals surface area contributed by atoms with Crippen molar-refractivity contribution in [2.75, 3.05) is 18.6 Å². The van der Waals surface area contributed by atoms with Crippen molar-refractivity contribution < 1.29 is 19.1 Å². The number of rotatable bonds is 10. The molecule has 3 atom stereocenters. The van der Waals surface area contributed by atoms with Crippen molar-refractivity contribution in [2.45, 2.75) is 58.0 Å². The topological polar surface area (TPSA) is 94.7 Å². The van der Waals surface area contributed by atoms with Gasteiger partial charge < -0.3 is 15.0 Å². The number of para-hydroxylation sites is 2. The summed E-state index contributed by atoms with van der Waals surface area (Å²) in [6, 6.07) is 20.8. The number of ether oxygens (including phenoxy) is 1. The van der Waals surface area contributed by atoms with Gasteiger partial charge in [0, 0.05) is 29.6 Å². The second kappa shape index (κ2) is 12.0. The maximum atomic E-state index is 14.4. The summed E-state index contributed by atoms with van der Waals surface area (Å²) >= 11 is 0. The third-order valence-corrected chi connectivity index (χ3v) is 8.94. The Hall–Kier alpha value is -4.59. The smallest absolute Gasteiger partial charge is 0.332 e. The van der Waals surface area contributed by atoms with Crippen LogP contribution in [0.25, 0.3) is 10.9 Å². The number of anilines is 1. The monoisotopic (exact) mass is 578 g/mol. The summed E-state index contributed by atoms with van der Waals surface area (Å²) in [5, 5.41) is 4.11. The number of carbonyl (C=O) groups excluding carboxylic acids is 3. The second-order valence-corrected chi connectivity index (χ2v) is 11.5. The van der Waals surface area contributed by atoms with Gasteiger partial charge in [-0.15, -0.1) is 0 Å². The van der Waals surface area contributed by atoms with Crippen LogP contribution in [0.4, 0.5) is 10.5 Å². The molecule has 2 unspecified atom stereocenters. The molecule has 1 fully saturated rings. The molecule has 8 nitrogen and oxygen atoms in total. The van der Waals surface area contributed by atoms with E-state index in [1.807, 2.05) is 48.5 Å². The van der Waals surface area contributed by atoms with Gasteiger partial charge in [0.1, 0.15) is 17.8 Å². The summed E-state index contributed by atoms with van der Waals surface area (Å²) in [5.41, 5.74) is 4.34. The predicted octanol–water partition coefficient (Wildman–Crippen LogP) is 6.61. The minimum atomic E-state index is -0.718. The van der Waals surface area contributed by atoms with Gasteiger partial charge in [-0.2, -0.15) is 0 Å². The molecular formula is C35H38N4O4. The number of benzene rings is 3. The Morgan fingerprint density at radius 3 is 2.63 bits per heavy atom. The molecule has 2 aliphatic heterocycles. The van der Waals surface area contributed by atoms with Crippen molar-refractivity contribution in [2.24, 2.45) is 5.92 Å². The highest BCUT2D eigenvalue weighted by Gasteiger charge is 2.53. The number of nitrogens with one attached hydrogen (secondary N) is 2. The number of hydrogen-bond acceptors (Lipinski definition) is 4. The first-order chi connectivity index (χ1) is 21.0. The number of amides is 4. The van der Waals surface area contributed by atoms with E-state index in [1.54, 1.807) is 36.3 Å². The number of imide groups is 1. The van der Waals surface area contributed by atoms with Gasteiger partial charge in [0.25, 0.3) is 11.8 Å². The van der Waals surface area contributed by atoms with Crippen LogP contribution in [-0.2, 0) is 11.2 Å². The van der Waals surface area contributed by atoms with E-state index in [1.165, 1.54) is 4.90 Å². The molecule has 3 aromatic carbocycles. The van der Waals surface area contributed by atoms with Crippen LogP contribution in [0.2, 0.25) is 0 Å². The molecule has 0 aliphatic carbocycles. The first-order valence-corrected chi connectivity index (χ1v) is 15.2. The van der Waals surface area contributed by atoms with Crippen molar-refractivity contribution in [3.05, 3.63) is 95.2 Å². The summed E-state index contributed by atoms with van der Waals surface area (Å²) in [5.74, 6) is 0.436. The molecule has 222 valence electrons. The van der Waals surface area contributed by atoms with E-state index in [4.69, 9.17) is 4.74 Å². The van der Waals surface area contributed by atoms with Crippen LogP contribution in [0.1, 0.15) is 72.8 Å². The van der Waals surface area contributed by atoms with Crippen molar-refractivity contribution in [3.8, 4) is 5.75 Å². The molecule has 8 heteroatoms. The lowest BCUT2D eigenvalue weighted by Crippen LogP contribution is -2.44. The number of aromatic nitrogens is 1. The fourth-order valence-corrected chi connectivity index (χ4v) is 6.59. The Balaban J connectivity index is 1.38. The van der Waals surface area contributed by atoms with E-state index in [2.05, 4.69) is 24.1 Å². The van der Waals surface area contributed by atoms with Gasteiger partial charge in [0.05, 0.1) is 18.4 Å². The number of unbranched alkanes of at least 4 members (excludes halogenated alkanes) is 1. The van der Waals surface area contributed by atoms with E-state index < -0.39 is 18.1 Å². The van der Waals surface area contributed by atoms with Gasteiger partial charge in [-0.05, 0) is 53.8 Å². The zero-order valence-corrected chi connectivity index (χ0v) is 24.9. The molecule has 0 radical (unpaired) electrons. The van der Waals surface area contributed by atoms with Crippen molar-refractivity contribution in [1.29, 1.82) is 0 Å². The molecule has 43 heavy (non-hydrogen) atoms. The average Bonchev–Trinajstić information content (AvgIpc) is 3.53. The number of hydrogen-bond donors (Lipinski definition) is 2. The van der Waals surface area contributed by atoms with Gasteiger partial charge in [0.15, 0.2) is 0 Å². The number of H-pyrrole nitrogens is 1. The van der Waals surface area contributed by atoms with Crippen molar-refractivity contribution >= 4 is 34.4 Å². The molecule has 4 amide bonds. The molecule has 6 rings (SSSR count). The predicted molar refractivity (Wildman–Crippen MR) is 167 cm³/mol. The Morgan fingerprint density at radius 1 is 1.05 bits per heavy atom. The zero-order chi connectivity index (χ0) is 30.1. The lowest BCUT2D eigenvalue weighted by molar-refractivity contribution is -0.120. The zero-order valence-electron chi connectivity index (χ0n) is 24.9. The van der Waals surface area contributed by atoms with Crippen molar-refractivity contribution in [3.63, 3.8) is 0 Å². The molecule has 0 spiro atoms. The fourth-order valence-electron chi connectivity index (χ4n) is 6.59. The minimum Gasteiger partial charge on any atom is -0.497 e. The largest absolute Gasteiger partial charge is 0.497 e. The van der Waals surface area contributed by atoms with Crippen LogP contribution in [-0.4, -0.2) is 47.4 Å². The highest BCUT2D eigenvalue weighted by molar-refractivity contribution is 6.24. The van der Waals surface area contributed by atoms with E-state index in [9.17, 15) is 14.4 Å². The van der Waals surface area contributed by atoms with Crippen LogP contribution in [0.3, 0.4) is 0 Å². The number of methoxy groups -OCH3 is 1. The second-order valence-electron chi connectivity index (χ2n) is 11.5. The van der Waals surface area contributed by atoms with Gasteiger partial charge in [-0.25, -0.2) is 9.69 Å². The summed E-state index contributed by atoms with van der Waals surface area (Å²) in [6.45, 7) is 4.85. The molecule has 0 saturated carbocycles. The van der Waals surface area contributed by atoms with Gasteiger partial charge in [-0.1, -0.05) is 75.6 Å². The molecule has 2 aliphatic rings. The third kappa shape index (κ3) is 5.05. The van der Waals surface area contributed by atoms with E-state index in [-0.39, 0.29) is 11.8 Å². The Bertz CT molecular complexity index is 1680. The average molecular weight is 579 g/mol. The lowest BCUT2D eigenvalue weighted by Gasteiger charge is -2.36. The molecular weight excluding hydrogens is 540 g/mol. The van der Waals surface area contributed by atoms with Gasteiger partial charge in [-0.3, -0.25) is 14.5 Å². The number of nitrogens with zero attached hydrogens (tertiary/aromatic N) is 2. The number of urea groups is 1. The van der Waals surface area contributed by atoms with Crippen LogP contribution in [0.15, 0.2) is 72.8 Å². The first-order valence-electron chi connectivity index (χ1n) is 15.2. The molecule has 1 saturated heterocycles. The van der Waals surface area contributed by atoms with Gasteiger partial charge >= 0.3 is 6.03 Å². The molecule has 4 aromatic rings. The van der Waals surface area contributed by atoms with E-state index in [0.717, 1.165) is 53.4 Å². The molecule has 0 bridgehead atoms. The number of fused-ring (bicyclic) bond motifs is 4. The fraction of sp³-hybridized carbons (Fsp3) is 0.343. The maximum Gasteiger partial charge on any atom is 0.332 e. The summed E-state index contributed by atoms with van der Waals surface area (Å²) in [6.07, 6.45) is 4.63. The number of carbonyl (C=O) groups is 3. The normalized spacial score (nSPS) is 18.5. The molecule has 1 aromatic heterocycles. The molecule has 3 heterocycles. The van der Waals surface area contributed by atoms with E-state index >= 15 is 0 Å². The Kier molecular flexibility index (Phi) is 7.93. The number of aromatic amines is 1. The van der Waals surface area contributed by atoms with Crippen LogP contribution < -0.4 is 15.0 Å². The summed E-state index contributed by atoms with van der Waals surface area (Å²) < 4.78 is 5.52. The highest BCUT2D eigenvalue weighted by atomic mass is 16.5. The minimum absolute atomic E-state index is 0.281. The summed E-state index contributed by atoms with van der Waals surface area (Å²) in [4.78, 5) is 48.5. The highest BCUT2D eigenvalue weighted by Crippen LogP contribution is 2.45. The van der Waals surface area contributed by atoms with Crippen LogP contribution in [0.5, 0.6) is 5.75 Å². The summed E-state index contributed by atoms with van der Waals surface area (Å²) in [7, 11) is 1.61. The SMILES string of the molecule is CCCCC(CC)CNC(=O)c1ccccc1N1C(=O)[C@@H]2Cc3c([nH]c4ccccc34)C(c3cccc(OC)c3)N2C1=O. The third-order valence-electron chi connectivity index (χ3n) is 8.94. The Morgan fingerprint density at radius 2 is 1.84 bits per heavy atom. The lowest BCUT2D eigenvalue weighted by atomic mass is 9.89. The van der Waals surface area contributed by atoms with Crippen LogP contribution in [0, 0.1) is 5.92 Å². The maximum absolute atomic E-state index is 14.4. The standard InChI is InChI=1S/C35H38N4O4/c1-4-6-12-22(5-2)21-36-33(40)26-16-8-10-18-29(26)39-34(41)30-20-27-25-15-7-9-17-28(25)37-31(27)32(38(30)35(39)42)23-13-11-14-24(19-23)43-3/h7-11,13-19,22,30,32,37H,4-6,12,20-21H2,1-3H3,(H,36,40)/t22?,30-,32?/m0/s1. The van der Waals surface area contributed by atoms with E-state index in [0.29, 0.717) is 35.9 Å². The van der Waals surface area contributed by atoms with Gasteiger partial charge in [0.2, 0.25) is 0 Å². The Labute approximate surface area is 252 Å². The quantitative estimate of drug-likeness (QED) is 0.207. The van der Waals surface area contributed by atoms with Crippen molar-refractivity contribution in [1.82, 2.24) is 15.2 Å². The van der Waals surface area contributed by atoms with Crippen LogP contribution >= 0.6 is 0 Å². The first kappa shape index (κ1) is 28.5.